The lowest BCUT2D eigenvalue weighted by Gasteiger charge is -2.23. The van der Waals surface area contributed by atoms with Crippen molar-refractivity contribution >= 4 is 22.5 Å². The molecule has 0 bridgehead atoms. The number of ether oxygens (including phenoxy) is 1. The fourth-order valence-corrected chi connectivity index (χ4v) is 3.91. The van der Waals surface area contributed by atoms with E-state index in [2.05, 4.69) is 13.8 Å². The van der Waals surface area contributed by atoms with Gasteiger partial charge < -0.3 is 9.64 Å². The number of rotatable bonds is 11. The van der Waals surface area contributed by atoms with Crippen LogP contribution >= 0.6 is 0 Å². The molecular weight excluding hydrogens is 398 g/mol. The van der Waals surface area contributed by atoms with Crippen molar-refractivity contribution in [1.29, 1.82) is 0 Å². The molecule has 0 unspecified atom stereocenters. The van der Waals surface area contributed by atoms with Crippen LogP contribution in [0.5, 0.6) is 5.75 Å². The van der Waals surface area contributed by atoms with Gasteiger partial charge in [-0.1, -0.05) is 63.1 Å². The SMILES string of the molecule is CCCCN(CCCC)C(=O)Cc1cc(C(=O)c2ccccc2)cc2ccc(OC)cc12. The van der Waals surface area contributed by atoms with E-state index < -0.39 is 0 Å². The number of amides is 1. The van der Waals surface area contributed by atoms with Gasteiger partial charge in [-0.15, -0.1) is 0 Å². The molecule has 0 aliphatic heterocycles. The fourth-order valence-electron chi connectivity index (χ4n) is 3.91. The van der Waals surface area contributed by atoms with Crippen LogP contribution in [0, 0.1) is 0 Å². The second-order valence-electron chi connectivity index (χ2n) is 8.18. The molecule has 0 saturated heterocycles. The van der Waals surface area contributed by atoms with Crippen LogP contribution in [0.1, 0.15) is 61.0 Å². The minimum absolute atomic E-state index is 0.0363. The molecule has 3 aromatic rings. The minimum atomic E-state index is -0.0363. The number of carbonyl (C=O) groups is 2. The van der Waals surface area contributed by atoms with Crippen molar-refractivity contribution in [3.05, 3.63) is 77.4 Å². The van der Waals surface area contributed by atoms with Crippen LogP contribution < -0.4 is 4.74 Å². The summed E-state index contributed by atoms with van der Waals surface area (Å²) in [5, 5.41) is 1.89. The summed E-state index contributed by atoms with van der Waals surface area (Å²) in [6, 6.07) is 18.9. The van der Waals surface area contributed by atoms with Crippen molar-refractivity contribution in [2.45, 2.75) is 46.0 Å². The van der Waals surface area contributed by atoms with Crippen LogP contribution in [-0.4, -0.2) is 36.8 Å². The Morgan fingerprint density at radius 2 is 1.53 bits per heavy atom. The van der Waals surface area contributed by atoms with E-state index in [0.717, 1.165) is 60.9 Å². The van der Waals surface area contributed by atoms with Crippen molar-refractivity contribution in [2.75, 3.05) is 20.2 Å². The molecule has 32 heavy (non-hydrogen) atoms. The topological polar surface area (TPSA) is 46.6 Å². The molecule has 0 aliphatic carbocycles. The Morgan fingerprint density at radius 1 is 0.844 bits per heavy atom. The zero-order chi connectivity index (χ0) is 22.9. The predicted molar refractivity (Wildman–Crippen MR) is 130 cm³/mol. The van der Waals surface area contributed by atoms with E-state index in [9.17, 15) is 9.59 Å². The molecule has 168 valence electrons. The highest BCUT2D eigenvalue weighted by atomic mass is 16.5. The Morgan fingerprint density at radius 3 is 2.16 bits per heavy atom. The first-order valence-corrected chi connectivity index (χ1v) is 11.6. The van der Waals surface area contributed by atoms with Gasteiger partial charge in [0.2, 0.25) is 5.91 Å². The summed E-state index contributed by atoms with van der Waals surface area (Å²) in [6.45, 7) is 5.83. The molecule has 1 amide bonds. The highest BCUT2D eigenvalue weighted by Crippen LogP contribution is 2.28. The lowest BCUT2D eigenvalue weighted by Crippen LogP contribution is -2.34. The average molecular weight is 432 g/mol. The van der Waals surface area contributed by atoms with Crippen LogP contribution in [0.2, 0.25) is 0 Å². The molecule has 0 atom stereocenters. The van der Waals surface area contributed by atoms with Gasteiger partial charge in [0, 0.05) is 24.2 Å². The summed E-state index contributed by atoms with van der Waals surface area (Å²) in [5.41, 5.74) is 2.11. The number of hydrogen-bond acceptors (Lipinski definition) is 3. The minimum Gasteiger partial charge on any atom is -0.497 e. The molecule has 4 heteroatoms. The van der Waals surface area contributed by atoms with E-state index in [1.807, 2.05) is 65.6 Å². The van der Waals surface area contributed by atoms with Gasteiger partial charge in [-0.3, -0.25) is 9.59 Å². The van der Waals surface area contributed by atoms with Crippen molar-refractivity contribution in [3.8, 4) is 5.75 Å². The zero-order valence-electron chi connectivity index (χ0n) is 19.4. The maximum Gasteiger partial charge on any atom is 0.227 e. The second kappa shape index (κ2) is 11.5. The van der Waals surface area contributed by atoms with E-state index in [1.54, 1.807) is 7.11 Å². The van der Waals surface area contributed by atoms with Crippen LogP contribution in [-0.2, 0) is 11.2 Å². The quantitative estimate of drug-likeness (QED) is 0.347. The Labute approximate surface area is 191 Å². The van der Waals surface area contributed by atoms with Gasteiger partial charge in [0.05, 0.1) is 13.5 Å². The number of ketones is 1. The average Bonchev–Trinajstić information content (AvgIpc) is 2.83. The van der Waals surface area contributed by atoms with E-state index in [-0.39, 0.29) is 18.1 Å². The van der Waals surface area contributed by atoms with Crippen LogP contribution in [0.25, 0.3) is 10.8 Å². The number of nitrogens with zero attached hydrogens (tertiary/aromatic N) is 1. The molecule has 0 aliphatic rings. The van der Waals surface area contributed by atoms with Crippen molar-refractivity contribution in [1.82, 2.24) is 4.90 Å². The monoisotopic (exact) mass is 431 g/mol. The third-order valence-corrected chi connectivity index (χ3v) is 5.80. The maximum absolute atomic E-state index is 13.3. The number of hydrogen-bond donors (Lipinski definition) is 0. The van der Waals surface area contributed by atoms with Crippen LogP contribution in [0.15, 0.2) is 60.7 Å². The summed E-state index contributed by atoms with van der Waals surface area (Å²) >= 11 is 0. The molecule has 3 aromatic carbocycles. The summed E-state index contributed by atoms with van der Waals surface area (Å²) in [7, 11) is 1.64. The third-order valence-electron chi connectivity index (χ3n) is 5.80. The first kappa shape index (κ1) is 23.5. The van der Waals surface area contributed by atoms with Crippen molar-refractivity contribution < 1.29 is 14.3 Å². The highest BCUT2D eigenvalue weighted by Gasteiger charge is 2.18. The van der Waals surface area contributed by atoms with Gasteiger partial charge in [0.15, 0.2) is 5.78 Å². The summed E-state index contributed by atoms with van der Waals surface area (Å²) in [6.07, 6.45) is 4.37. The maximum atomic E-state index is 13.3. The molecule has 0 fully saturated rings. The normalized spacial score (nSPS) is 10.8. The first-order chi connectivity index (χ1) is 15.6. The Hall–Kier alpha value is -3.14. The number of carbonyl (C=O) groups excluding carboxylic acids is 2. The van der Waals surface area contributed by atoms with E-state index in [0.29, 0.717) is 11.1 Å². The van der Waals surface area contributed by atoms with E-state index in [4.69, 9.17) is 4.74 Å². The lowest BCUT2D eigenvalue weighted by atomic mass is 9.94. The van der Waals surface area contributed by atoms with Gasteiger partial charge in [-0.05, 0) is 53.4 Å². The molecule has 4 nitrogen and oxygen atoms in total. The zero-order valence-corrected chi connectivity index (χ0v) is 19.4. The summed E-state index contributed by atoms with van der Waals surface area (Å²) in [4.78, 5) is 28.4. The highest BCUT2D eigenvalue weighted by molar-refractivity contribution is 6.11. The molecule has 0 heterocycles. The molecular formula is C28H33NO3. The molecule has 0 N–H and O–H groups in total. The molecule has 0 spiro atoms. The van der Waals surface area contributed by atoms with Crippen LogP contribution in [0.3, 0.4) is 0 Å². The van der Waals surface area contributed by atoms with Gasteiger partial charge >= 0.3 is 0 Å². The largest absolute Gasteiger partial charge is 0.497 e. The molecule has 3 rings (SSSR count). The van der Waals surface area contributed by atoms with E-state index in [1.165, 1.54) is 0 Å². The number of unbranched alkanes of at least 4 members (excludes halogenated alkanes) is 2. The Balaban J connectivity index is 2.00. The molecule has 0 saturated carbocycles. The number of methoxy groups -OCH3 is 1. The Kier molecular flexibility index (Phi) is 8.43. The van der Waals surface area contributed by atoms with Crippen molar-refractivity contribution in [2.24, 2.45) is 0 Å². The van der Waals surface area contributed by atoms with Gasteiger partial charge in [0.25, 0.3) is 0 Å². The first-order valence-electron chi connectivity index (χ1n) is 11.6. The van der Waals surface area contributed by atoms with Gasteiger partial charge in [-0.2, -0.15) is 0 Å². The standard InChI is InChI=1S/C28H33NO3/c1-4-6-15-29(16-7-5-2)27(30)19-23-18-24(28(31)21-11-9-8-10-12-21)17-22-13-14-25(32-3)20-26(22)23/h8-14,17-18,20H,4-7,15-16,19H2,1-3H3. The fraction of sp³-hybridized carbons (Fsp3) is 0.357. The van der Waals surface area contributed by atoms with Crippen molar-refractivity contribution in [3.63, 3.8) is 0 Å². The number of benzene rings is 3. The predicted octanol–water partition coefficient (Wildman–Crippen LogP) is 6.05. The molecule has 0 aromatic heterocycles. The van der Waals surface area contributed by atoms with Gasteiger partial charge in [0.1, 0.15) is 5.75 Å². The molecule has 0 radical (unpaired) electrons. The van der Waals surface area contributed by atoms with Crippen LogP contribution in [0.4, 0.5) is 0 Å². The third kappa shape index (κ3) is 5.76. The second-order valence-corrected chi connectivity index (χ2v) is 8.18. The smallest absolute Gasteiger partial charge is 0.227 e. The summed E-state index contributed by atoms with van der Waals surface area (Å²) < 4.78 is 5.42. The lowest BCUT2D eigenvalue weighted by molar-refractivity contribution is -0.130. The Bertz CT molecular complexity index is 1050. The van der Waals surface area contributed by atoms with Gasteiger partial charge in [-0.25, -0.2) is 0 Å². The number of fused-ring (bicyclic) bond motifs is 1. The summed E-state index contributed by atoms with van der Waals surface area (Å²) in [5.74, 6) is 0.813. The van der Waals surface area contributed by atoms with E-state index >= 15 is 0 Å².